The second-order valence-electron chi connectivity index (χ2n) is 5.66. The van der Waals surface area contributed by atoms with Gasteiger partial charge in [-0.15, -0.1) is 0 Å². The minimum Gasteiger partial charge on any atom is -0.448 e. The molecule has 1 fully saturated rings. The predicted molar refractivity (Wildman–Crippen MR) is 61.0 cm³/mol. The summed E-state index contributed by atoms with van der Waals surface area (Å²) in [5, 5.41) is 0. The van der Waals surface area contributed by atoms with Crippen molar-refractivity contribution < 1.29 is 4.42 Å². The zero-order valence-electron chi connectivity index (χ0n) is 10.0. The van der Waals surface area contributed by atoms with Crippen LogP contribution < -0.4 is 0 Å². The van der Waals surface area contributed by atoms with Crippen molar-refractivity contribution in [3.8, 4) is 0 Å². The van der Waals surface area contributed by atoms with Crippen molar-refractivity contribution in [2.75, 3.05) is 0 Å². The van der Waals surface area contributed by atoms with E-state index in [0.29, 0.717) is 5.92 Å². The SMILES string of the molecule is CC(C)(C)c1nc(C2CCCCC2)co1. The van der Waals surface area contributed by atoms with Gasteiger partial charge in [0.25, 0.3) is 0 Å². The lowest BCUT2D eigenvalue weighted by Crippen LogP contribution is -2.12. The first kappa shape index (κ1) is 10.7. The van der Waals surface area contributed by atoms with Crippen molar-refractivity contribution in [3.63, 3.8) is 0 Å². The molecule has 15 heavy (non-hydrogen) atoms. The zero-order chi connectivity index (χ0) is 10.9. The Morgan fingerprint density at radius 2 is 1.87 bits per heavy atom. The third-order valence-electron chi connectivity index (χ3n) is 3.19. The van der Waals surface area contributed by atoms with Gasteiger partial charge in [0.1, 0.15) is 6.26 Å². The molecular formula is C13H21NO. The second-order valence-corrected chi connectivity index (χ2v) is 5.66. The first-order chi connectivity index (χ1) is 7.07. The van der Waals surface area contributed by atoms with Crippen molar-refractivity contribution in [3.05, 3.63) is 17.8 Å². The van der Waals surface area contributed by atoms with Crippen LogP contribution in [0.25, 0.3) is 0 Å². The van der Waals surface area contributed by atoms with E-state index >= 15 is 0 Å². The Hall–Kier alpha value is -0.790. The molecule has 0 amide bonds. The average molecular weight is 207 g/mol. The number of aromatic nitrogens is 1. The highest BCUT2D eigenvalue weighted by Gasteiger charge is 2.24. The maximum absolute atomic E-state index is 5.57. The Morgan fingerprint density at radius 1 is 1.20 bits per heavy atom. The summed E-state index contributed by atoms with van der Waals surface area (Å²) >= 11 is 0. The number of hydrogen-bond acceptors (Lipinski definition) is 2. The molecule has 1 aliphatic carbocycles. The molecule has 0 radical (unpaired) electrons. The summed E-state index contributed by atoms with van der Waals surface area (Å²) < 4.78 is 5.57. The van der Waals surface area contributed by atoms with Gasteiger partial charge in [-0.05, 0) is 12.8 Å². The largest absolute Gasteiger partial charge is 0.448 e. The monoisotopic (exact) mass is 207 g/mol. The molecule has 0 saturated heterocycles. The number of oxazole rings is 1. The van der Waals surface area contributed by atoms with E-state index in [0.717, 1.165) is 5.89 Å². The van der Waals surface area contributed by atoms with Gasteiger partial charge in [0.15, 0.2) is 5.89 Å². The van der Waals surface area contributed by atoms with Gasteiger partial charge < -0.3 is 4.42 Å². The lowest BCUT2D eigenvalue weighted by Gasteiger charge is -2.19. The summed E-state index contributed by atoms with van der Waals surface area (Å²) in [5.41, 5.74) is 1.21. The topological polar surface area (TPSA) is 26.0 Å². The summed E-state index contributed by atoms with van der Waals surface area (Å²) in [6.45, 7) is 6.43. The predicted octanol–water partition coefficient (Wildman–Crippen LogP) is 4.02. The minimum absolute atomic E-state index is 0.0346. The van der Waals surface area contributed by atoms with Crippen molar-refractivity contribution >= 4 is 0 Å². The van der Waals surface area contributed by atoms with Crippen LogP contribution in [0.2, 0.25) is 0 Å². The van der Waals surface area contributed by atoms with Crippen LogP contribution in [0.15, 0.2) is 10.7 Å². The molecule has 2 nitrogen and oxygen atoms in total. The first-order valence-corrected chi connectivity index (χ1v) is 6.03. The maximum Gasteiger partial charge on any atom is 0.199 e. The fourth-order valence-electron chi connectivity index (χ4n) is 2.22. The maximum atomic E-state index is 5.57. The summed E-state index contributed by atoms with van der Waals surface area (Å²) in [7, 11) is 0. The summed E-state index contributed by atoms with van der Waals surface area (Å²) in [5.74, 6) is 1.53. The third-order valence-corrected chi connectivity index (χ3v) is 3.19. The van der Waals surface area contributed by atoms with Crippen LogP contribution in [0.3, 0.4) is 0 Å². The van der Waals surface area contributed by atoms with Gasteiger partial charge in [0.2, 0.25) is 0 Å². The zero-order valence-corrected chi connectivity index (χ0v) is 10.0. The van der Waals surface area contributed by atoms with Gasteiger partial charge in [-0.2, -0.15) is 0 Å². The molecule has 0 aliphatic heterocycles. The molecule has 0 unspecified atom stereocenters. The fourth-order valence-corrected chi connectivity index (χ4v) is 2.22. The molecule has 2 rings (SSSR count). The van der Waals surface area contributed by atoms with Gasteiger partial charge in [-0.1, -0.05) is 40.0 Å². The number of rotatable bonds is 1. The molecule has 0 aromatic carbocycles. The molecule has 0 bridgehead atoms. The molecule has 1 aromatic rings. The molecule has 0 N–H and O–H groups in total. The van der Waals surface area contributed by atoms with E-state index in [1.807, 2.05) is 6.26 Å². The van der Waals surface area contributed by atoms with Crippen molar-refractivity contribution in [1.29, 1.82) is 0 Å². The molecule has 1 aromatic heterocycles. The van der Waals surface area contributed by atoms with Crippen LogP contribution in [-0.2, 0) is 5.41 Å². The van der Waals surface area contributed by atoms with E-state index in [1.165, 1.54) is 37.8 Å². The molecule has 1 aliphatic rings. The Kier molecular flexibility index (Phi) is 2.85. The number of hydrogen-bond donors (Lipinski definition) is 0. The highest BCUT2D eigenvalue weighted by molar-refractivity contribution is 5.09. The van der Waals surface area contributed by atoms with Crippen LogP contribution in [0.5, 0.6) is 0 Å². The van der Waals surface area contributed by atoms with E-state index in [2.05, 4.69) is 25.8 Å². The highest BCUT2D eigenvalue weighted by Crippen LogP contribution is 2.33. The Bertz CT molecular complexity index is 316. The number of nitrogens with zero attached hydrogens (tertiary/aromatic N) is 1. The molecule has 1 heterocycles. The van der Waals surface area contributed by atoms with Crippen molar-refractivity contribution in [1.82, 2.24) is 4.98 Å². The molecular weight excluding hydrogens is 186 g/mol. The van der Waals surface area contributed by atoms with Gasteiger partial charge >= 0.3 is 0 Å². The van der Waals surface area contributed by atoms with Gasteiger partial charge in [-0.3, -0.25) is 0 Å². The molecule has 0 atom stereocenters. The normalized spacial score (nSPS) is 19.4. The summed E-state index contributed by atoms with van der Waals surface area (Å²) in [4.78, 5) is 4.64. The Morgan fingerprint density at radius 3 is 2.40 bits per heavy atom. The van der Waals surface area contributed by atoms with Crippen LogP contribution in [0.1, 0.15) is 70.4 Å². The Labute approximate surface area is 92.1 Å². The summed E-state index contributed by atoms with van der Waals surface area (Å²) in [6.07, 6.45) is 8.54. The Balaban J connectivity index is 2.12. The molecule has 2 heteroatoms. The van der Waals surface area contributed by atoms with Gasteiger partial charge in [0, 0.05) is 11.3 Å². The first-order valence-electron chi connectivity index (χ1n) is 6.03. The van der Waals surface area contributed by atoms with E-state index in [-0.39, 0.29) is 5.41 Å². The lowest BCUT2D eigenvalue weighted by atomic mass is 9.87. The van der Waals surface area contributed by atoms with Crippen molar-refractivity contribution in [2.24, 2.45) is 0 Å². The fraction of sp³-hybridized carbons (Fsp3) is 0.769. The quantitative estimate of drug-likeness (QED) is 0.695. The summed E-state index contributed by atoms with van der Waals surface area (Å²) in [6, 6.07) is 0. The molecule has 84 valence electrons. The van der Waals surface area contributed by atoms with Crippen LogP contribution in [-0.4, -0.2) is 4.98 Å². The van der Waals surface area contributed by atoms with E-state index in [1.54, 1.807) is 0 Å². The van der Waals surface area contributed by atoms with Crippen LogP contribution in [0.4, 0.5) is 0 Å². The van der Waals surface area contributed by atoms with E-state index < -0.39 is 0 Å². The third kappa shape index (κ3) is 2.42. The van der Waals surface area contributed by atoms with Gasteiger partial charge in [-0.25, -0.2) is 4.98 Å². The van der Waals surface area contributed by atoms with Crippen LogP contribution in [0, 0.1) is 0 Å². The minimum atomic E-state index is 0.0346. The van der Waals surface area contributed by atoms with Crippen molar-refractivity contribution in [2.45, 2.75) is 64.2 Å². The van der Waals surface area contributed by atoms with E-state index in [4.69, 9.17) is 4.42 Å². The lowest BCUT2D eigenvalue weighted by molar-refractivity contribution is 0.392. The van der Waals surface area contributed by atoms with Gasteiger partial charge in [0.05, 0.1) is 5.69 Å². The smallest absolute Gasteiger partial charge is 0.199 e. The molecule has 0 spiro atoms. The van der Waals surface area contributed by atoms with E-state index in [9.17, 15) is 0 Å². The van der Waals surface area contributed by atoms with Crippen LogP contribution >= 0.6 is 0 Å². The molecule has 1 saturated carbocycles. The average Bonchev–Trinajstić information content (AvgIpc) is 2.67. The standard InChI is InChI=1S/C13H21NO/c1-13(2,3)12-14-11(9-15-12)10-7-5-4-6-8-10/h9-10H,4-8H2,1-3H3. The highest BCUT2D eigenvalue weighted by atomic mass is 16.3. The second kappa shape index (κ2) is 3.99.